The molecule has 0 radical (unpaired) electrons. The van der Waals surface area contributed by atoms with Gasteiger partial charge in [0.1, 0.15) is 5.82 Å². The summed E-state index contributed by atoms with van der Waals surface area (Å²) in [6.45, 7) is 7.65. The maximum absolute atomic E-state index is 12.1. The maximum Gasteiger partial charge on any atom is 0.256 e. The van der Waals surface area contributed by atoms with E-state index in [-0.39, 0.29) is 11.6 Å². The van der Waals surface area contributed by atoms with Gasteiger partial charge in [-0.3, -0.25) is 4.79 Å². The van der Waals surface area contributed by atoms with Gasteiger partial charge in [0, 0.05) is 10.2 Å². The lowest BCUT2D eigenvalue weighted by Gasteiger charge is -2.17. The monoisotopic (exact) mass is 335 g/mol. The van der Waals surface area contributed by atoms with E-state index in [0.29, 0.717) is 11.4 Å². The van der Waals surface area contributed by atoms with Crippen molar-refractivity contribution in [2.75, 3.05) is 5.32 Å². The Labute approximate surface area is 126 Å². The van der Waals surface area contributed by atoms with Crippen molar-refractivity contribution in [2.24, 2.45) is 0 Å². The number of aromatic amines is 1. The summed E-state index contributed by atoms with van der Waals surface area (Å²) >= 11 is 3.51. The number of H-pyrrole nitrogens is 1. The topological polar surface area (TPSA) is 57.8 Å². The van der Waals surface area contributed by atoms with Gasteiger partial charge in [-0.25, -0.2) is 4.98 Å². The predicted octanol–water partition coefficient (Wildman–Crippen LogP) is 3.63. The molecule has 0 saturated heterocycles. The van der Waals surface area contributed by atoms with Crippen LogP contribution < -0.4 is 10.9 Å². The first-order valence-electron chi connectivity index (χ1n) is 6.48. The second-order valence-electron chi connectivity index (χ2n) is 4.98. The normalized spacial score (nSPS) is 12.2. The number of aromatic nitrogens is 2. The number of halogens is 1. The molecule has 4 nitrogen and oxygen atoms in total. The summed E-state index contributed by atoms with van der Waals surface area (Å²) in [5, 5.41) is 3.34. The van der Waals surface area contributed by atoms with Gasteiger partial charge >= 0.3 is 0 Å². The average molecular weight is 336 g/mol. The lowest BCUT2D eigenvalue weighted by atomic mass is 10.1. The molecule has 1 atom stereocenters. The van der Waals surface area contributed by atoms with Crippen LogP contribution in [0.3, 0.4) is 0 Å². The minimum absolute atomic E-state index is 0.0822. The minimum atomic E-state index is -0.110. The number of nitrogens with one attached hydrogen (secondary N) is 2. The summed E-state index contributed by atoms with van der Waals surface area (Å²) in [5.41, 5.74) is 3.49. The average Bonchev–Trinajstić information content (AvgIpc) is 2.32. The minimum Gasteiger partial charge on any atom is -0.378 e. The van der Waals surface area contributed by atoms with Gasteiger partial charge in [0.05, 0.1) is 17.3 Å². The number of hydrogen-bond acceptors (Lipinski definition) is 3. The van der Waals surface area contributed by atoms with Gasteiger partial charge in [-0.1, -0.05) is 22.0 Å². The molecule has 5 heteroatoms. The van der Waals surface area contributed by atoms with Gasteiger partial charge in [-0.2, -0.15) is 0 Å². The lowest BCUT2D eigenvalue weighted by Crippen LogP contribution is -2.23. The molecule has 1 aromatic carbocycles. The number of aryl methyl sites for hydroxylation is 3. The van der Waals surface area contributed by atoms with Crippen LogP contribution in [0.25, 0.3) is 0 Å². The third kappa shape index (κ3) is 3.10. The fourth-order valence-corrected chi connectivity index (χ4v) is 2.63. The van der Waals surface area contributed by atoms with Crippen LogP contribution >= 0.6 is 15.9 Å². The SMILES string of the molecule is Cc1nc(C)c(C(C)Nc2ccc(C)c(Br)c2)c(=O)[nH]1. The molecule has 1 aromatic heterocycles. The fourth-order valence-electron chi connectivity index (χ4n) is 2.25. The van der Waals surface area contributed by atoms with Crippen LogP contribution in [0.2, 0.25) is 0 Å². The second-order valence-corrected chi connectivity index (χ2v) is 5.83. The van der Waals surface area contributed by atoms with Gasteiger partial charge in [0.25, 0.3) is 5.56 Å². The molecule has 0 aliphatic carbocycles. The van der Waals surface area contributed by atoms with E-state index in [9.17, 15) is 4.79 Å². The molecule has 0 aliphatic rings. The molecule has 106 valence electrons. The van der Waals surface area contributed by atoms with E-state index in [0.717, 1.165) is 15.9 Å². The van der Waals surface area contributed by atoms with Gasteiger partial charge < -0.3 is 10.3 Å². The van der Waals surface area contributed by atoms with Gasteiger partial charge in [0.2, 0.25) is 0 Å². The van der Waals surface area contributed by atoms with Crippen molar-refractivity contribution in [3.05, 3.63) is 55.7 Å². The van der Waals surface area contributed by atoms with Crippen molar-refractivity contribution >= 4 is 21.6 Å². The molecular weight excluding hydrogens is 318 g/mol. The van der Waals surface area contributed by atoms with Crippen LogP contribution in [0.15, 0.2) is 27.5 Å². The number of rotatable bonds is 3. The number of nitrogens with zero attached hydrogens (tertiary/aromatic N) is 1. The van der Waals surface area contributed by atoms with Gasteiger partial charge in [0.15, 0.2) is 0 Å². The molecule has 0 amide bonds. The molecule has 0 aliphatic heterocycles. The molecular formula is C15H18BrN3O. The molecule has 2 N–H and O–H groups in total. The van der Waals surface area contributed by atoms with Crippen molar-refractivity contribution in [3.8, 4) is 0 Å². The molecule has 1 unspecified atom stereocenters. The third-order valence-corrected chi connectivity index (χ3v) is 4.11. The Kier molecular flexibility index (Phi) is 4.28. The number of benzene rings is 1. The maximum atomic E-state index is 12.1. The van der Waals surface area contributed by atoms with Crippen molar-refractivity contribution in [1.29, 1.82) is 0 Å². The Hall–Kier alpha value is -1.62. The van der Waals surface area contributed by atoms with E-state index in [4.69, 9.17) is 0 Å². The smallest absolute Gasteiger partial charge is 0.256 e. The highest BCUT2D eigenvalue weighted by Crippen LogP contribution is 2.24. The number of hydrogen-bond donors (Lipinski definition) is 2. The first-order valence-corrected chi connectivity index (χ1v) is 7.28. The first kappa shape index (κ1) is 14.8. The molecule has 2 rings (SSSR count). The molecule has 0 fully saturated rings. The zero-order valence-electron chi connectivity index (χ0n) is 12.0. The Balaban J connectivity index is 2.30. The zero-order valence-corrected chi connectivity index (χ0v) is 13.6. The number of anilines is 1. The van der Waals surface area contributed by atoms with E-state index in [1.165, 1.54) is 5.56 Å². The Bertz CT molecular complexity index is 694. The Morgan fingerprint density at radius 2 is 2.00 bits per heavy atom. The molecule has 0 spiro atoms. The lowest BCUT2D eigenvalue weighted by molar-refractivity contribution is 0.814. The second kappa shape index (κ2) is 5.79. The molecule has 20 heavy (non-hydrogen) atoms. The summed E-state index contributed by atoms with van der Waals surface area (Å²) in [7, 11) is 0. The molecule has 0 saturated carbocycles. The highest BCUT2D eigenvalue weighted by atomic mass is 79.9. The van der Waals surface area contributed by atoms with Crippen LogP contribution in [0.5, 0.6) is 0 Å². The van der Waals surface area contributed by atoms with Crippen molar-refractivity contribution in [2.45, 2.75) is 33.7 Å². The molecule has 1 heterocycles. The summed E-state index contributed by atoms with van der Waals surface area (Å²) in [5.74, 6) is 0.640. The Morgan fingerprint density at radius 3 is 2.60 bits per heavy atom. The van der Waals surface area contributed by atoms with Crippen LogP contribution in [0.1, 0.15) is 35.6 Å². The fraction of sp³-hybridized carbons (Fsp3) is 0.333. The van der Waals surface area contributed by atoms with Crippen molar-refractivity contribution in [3.63, 3.8) is 0 Å². The van der Waals surface area contributed by atoms with Crippen molar-refractivity contribution < 1.29 is 0 Å². The predicted molar refractivity (Wildman–Crippen MR) is 85.2 cm³/mol. The van der Waals surface area contributed by atoms with Crippen LogP contribution in [-0.2, 0) is 0 Å². The molecule has 0 bridgehead atoms. The summed E-state index contributed by atoms with van der Waals surface area (Å²) < 4.78 is 1.04. The third-order valence-electron chi connectivity index (χ3n) is 3.25. The van der Waals surface area contributed by atoms with Gasteiger partial charge in [-0.05, 0) is 45.4 Å². The van der Waals surface area contributed by atoms with E-state index >= 15 is 0 Å². The van der Waals surface area contributed by atoms with Crippen LogP contribution in [0.4, 0.5) is 5.69 Å². The van der Waals surface area contributed by atoms with Crippen LogP contribution in [0, 0.1) is 20.8 Å². The zero-order chi connectivity index (χ0) is 14.9. The van der Waals surface area contributed by atoms with E-state index in [1.54, 1.807) is 6.92 Å². The largest absolute Gasteiger partial charge is 0.378 e. The highest BCUT2D eigenvalue weighted by Gasteiger charge is 2.14. The molecule has 2 aromatic rings. The summed E-state index contributed by atoms with van der Waals surface area (Å²) in [6, 6.07) is 5.93. The summed E-state index contributed by atoms with van der Waals surface area (Å²) in [6.07, 6.45) is 0. The Morgan fingerprint density at radius 1 is 1.30 bits per heavy atom. The van der Waals surface area contributed by atoms with E-state index in [2.05, 4.69) is 31.2 Å². The van der Waals surface area contributed by atoms with Crippen molar-refractivity contribution in [1.82, 2.24) is 9.97 Å². The highest BCUT2D eigenvalue weighted by molar-refractivity contribution is 9.10. The van der Waals surface area contributed by atoms with Gasteiger partial charge in [-0.15, -0.1) is 0 Å². The van der Waals surface area contributed by atoms with Crippen LogP contribution in [-0.4, -0.2) is 9.97 Å². The summed E-state index contributed by atoms with van der Waals surface area (Å²) in [4.78, 5) is 19.1. The van der Waals surface area contributed by atoms with E-state index < -0.39 is 0 Å². The van der Waals surface area contributed by atoms with E-state index in [1.807, 2.05) is 39.0 Å². The quantitative estimate of drug-likeness (QED) is 0.900. The first-order chi connectivity index (χ1) is 9.38. The standard InChI is InChI=1S/C15H18BrN3O/c1-8-5-6-12(7-13(8)16)18-10(3)14-9(2)17-11(4)19-15(14)20/h5-7,10,18H,1-4H3,(H,17,19,20).